The van der Waals surface area contributed by atoms with E-state index in [2.05, 4.69) is 5.32 Å². The van der Waals surface area contributed by atoms with Crippen LogP contribution in [-0.2, 0) is 4.79 Å². The Balaban J connectivity index is 1.83. The monoisotopic (exact) mass is 452 g/mol. The highest BCUT2D eigenvalue weighted by atomic mass is 35.5. The molecule has 1 aromatic heterocycles. The molecule has 0 radical (unpaired) electrons. The van der Waals surface area contributed by atoms with Gasteiger partial charge in [0.15, 0.2) is 0 Å². The highest BCUT2D eigenvalue weighted by Crippen LogP contribution is 2.30. The first kappa shape index (κ1) is 22.2. The summed E-state index contributed by atoms with van der Waals surface area (Å²) in [5.41, 5.74) is 0.584. The molecule has 32 heavy (non-hydrogen) atoms. The third-order valence-electron chi connectivity index (χ3n) is 4.37. The normalized spacial score (nSPS) is 11.0. The van der Waals surface area contributed by atoms with Crippen molar-refractivity contribution in [2.24, 2.45) is 0 Å². The lowest BCUT2D eigenvalue weighted by molar-refractivity contribution is -0.385. The Bertz CT molecular complexity index is 1320. The van der Waals surface area contributed by atoms with Crippen LogP contribution in [0.15, 0.2) is 58.5 Å². The quantitative estimate of drug-likeness (QED) is 0.231. The number of anilines is 1. The van der Waals surface area contributed by atoms with Crippen LogP contribution in [-0.4, -0.2) is 15.8 Å². The van der Waals surface area contributed by atoms with E-state index in [0.717, 1.165) is 6.07 Å². The summed E-state index contributed by atoms with van der Waals surface area (Å²) >= 11 is 5.75. The molecule has 0 fully saturated rings. The van der Waals surface area contributed by atoms with Gasteiger partial charge in [-0.25, -0.2) is 0 Å². The van der Waals surface area contributed by atoms with Crippen LogP contribution in [0.3, 0.4) is 0 Å². The van der Waals surface area contributed by atoms with Gasteiger partial charge in [-0.3, -0.25) is 25.0 Å². The van der Waals surface area contributed by atoms with Crippen LogP contribution >= 0.6 is 11.6 Å². The van der Waals surface area contributed by atoms with Crippen molar-refractivity contribution >= 4 is 40.6 Å². The minimum Gasteiger partial charge on any atom is -0.457 e. The van der Waals surface area contributed by atoms with Crippen molar-refractivity contribution < 1.29 is 19.1 Å². The number of halogens is 1. The first-order valence-corrected chi connectivity index (χ1v) is 9.29. The zero-order chi connectivity index (χ0) is 23.4. The van der Waals surface area contributed by atoms with Crippen LogP contribution in [0, 0.1) is 38.5 Å². The van der Waals surface area contributed by atoms with E-state index in [1.165, 1.54) is 36.4 Å². The molecule has 0 spiro atoms. The van der Waals surface area contributed by atoms with E-state index in [0.29, 0.717) is 16.9 Å². The van der Waals surface area contributed by atoms with Gasteiger partial charge in [0.05, 0.1) is 9.85 Å². The van der Waals surface area contributed by atoms with Crippen LogP contribution in [0.1, 0.15) is 11.3 Å². The number of hydrogen-bond acceptors (Lipinski definition) is 7. The molecule has 0 saturated heterocycles. The van der Waals surface area contributed by atoms with Gasteiger partial charge in [0.25, 0.3) is 17.3 Å². The van der Waals surface area contributed by atoms with Crippen molar-refractivity contribution in [1.82, 2.24) is 0 Å². The summed E-state index contributed by atoms with van der Waals surface area (Å²) in [4.78, 5) is 33.1. The predicted octanol–water partition coefficient (Wildman–Crippen LogP) is 5.27. The Hall–Kier alpha value is -4.49. The van der Waals surface area contributed by atoms with Crippen molar-refractivity contribution in [2.45, 2.75) is 6.92 Å². The van der Waals surface area contributed by atoms with Crippen molar-refractivity contribution in [2.75, 3.05) is 5.32 Å². The number of benzene rings is 2. The summed E-state index contributed by atoms with van der Waals surface area (Å²) in [5, 5.41) is 33.5. The summed E-state index contributed by atoms with van der Waals surface area (Å²) in [6, 6.07) is 12.9. The number of nitrogens with one attached hydrogen (secondary N) is 1. The number of aryl methyl sites for hydroxylation is 1. The van der Waals surface area contributed by atoms with Crippen molar-refractivity contribution in [3.05, 3.63) is 90.7 Å². The van der Waals surface area contributed by atoms with E-state index >= 15 is 0 Å². The van der Waals surface area contributed by atoms with Gasteiger partial charge in [0, 0.05) is 35.5 Å². The van der Waals surface area contributed by atoms with E-state index < -0.39 is 15.8 Å². The predicted molar refractivity (Wildman–Crippen MR) is 116 cm³/mol. The lowest BCUT2D eigenvalue weighted by Gasteiger charge is -2.05. The molecule has 160 valence electrons. The Morgan fingerprint density at radius 1 is 1.12 bits per heavy atom. The van der Waals surface area contributed by atoms with Gasteiger partial charge in [-0.15, -0.1) is 0 Å². The van der Waals surface area contributed by atoms with Gasteiger partial charge < -0.3 is 9.73 Å². The standard InChI is InChI=1S/C21H13ClN4O6/c1-12-8-15(25(28)29)3-5-17(12)20-7-4-16(32-20)9-13(11-23)21(27)24-14-2-6-18(22)19(10-14)26(30)31/h2-10H,1H3,(H,24,27)/b13-9+. The van der Waals surface area contributed by atoms with Gasteiger partial charge in [0.2, 0.25) is 0 Å². The second-order valence-electron chi connectivity index (χ2n) is 6.51. The number of hydrogen-bond donors (Lipinski definition) is 1. The second-order valence-corrected chi connectivity index (χ2v) is 6.91. The average molecular weight is 453 g/mol. The molecule has 1 heterocycles. The Kier molecular flexibility index (Phi) is 6.32. The molecule has 0 aliphatic carbocycles. The summed E-state index contributed by atoms with van der Waals surface area (Å²) < 4.78 is 5.67. The highest BCUT2D eigenvalue weighted by Gasteiger charge is 2.17. The Morgan fingerprint density at radius 3 is 2.50 bits per heavy atom. The number of nitriles is 1. The van der Waals surface area contributed by atoms with E-state index in [1.807, 2.05) is 0 Å². The average Bonchev–Trinajstić information content (AvgIpc) is 3.21. The maximum absolute atomic E-state index is 12.4. The summed E-state index contributed by atoms with van der Waals surface area (Å²) in [6.07, 6.45) is 1.21. The second kappa shape index (κ2) is 9.11. The van der Waals surface area contributed by atoms with Crippen molar-refractivity contribution in [3.8, 4) is 17.4 Å². The van der Waals surface area contributed by atoms with Gasteiger partial charge in [-0.2, -0.15) is 5.26 Å². The molecule has 0 bridgehead atoms. The zero-order valence-electron chi connectivity index (χ0n) is 16.4. The molecular weight excluding hydrogens is 440 g/mol. The summed E-state index contributed by atoms with van der Waals surface area (Å²) in [7, 11) is 0. The van der Waals surface area contributed by atoms with Crippen LogP contribution in [0.25, 0.3) is 17.4 Å². The van der Waals surface area contributed by atoms with Gasteiger partial charge >= 0.3 is 0 Å². The zero-order valence-corrected chi connectivity index (χ0v) is 17.1. The number of nitro benzene ring substituents is 2. The number of nitrogens with zero attached hydrogens (tertiary/aromatic N) is 3. The molecule has 0 aliphatic rings. The molecule has 0 aliphatic heterocycles. The maximum Gasteiger partial charge on any atom is 0.289 e. The van der Waals surface area contributed by atoms with Crippen LogP contribution in [0.2, 0.25) is 5.02 Å². The number of amides is 1. The lowest BCUT2D eigenvalue weighted by atomic mass is 10.1. The Morgan fingerprint density at radius 2 is 1.88 bits per heavy atom. The Labute approximate surface area is 185 Å². The van der Waals surface area contributed by atoms with E-state index in [-0.39, 0.29) is 33.4 Å². The maximum atomic E-state index is 12.4. The van der Waals surface area contributed by atoms with E-state index in [4.69, 9.17) is 16.0 Å². The number of carbonyl (C=O) groups is 1. The van der Waals surface area contributed by atoms with Crippen molar-refractivity contribution in [1.29, 1.82) is 5.26 Å². The smallest absolute Gasteiger partial charge is 0.289 e. The van der Waals surface area contributed by atoms with Crippen LogP contribution in [0.5, 0.6) is 0 Å². The van der Waals surface area contributed by atoms with Crippen molar-refractivity contribution in [3.63, 3.8) is 0 Å². The summed E-state index contributed by atoms with van der Waals surface area (Å²) in [6.45, 7) is 1.69. The minimum atomic E-state index is -0.798. The van der Waals surface area contributed by atoms with E-state index in [1.54, 1.807) is 25.1 Å². The largest absolute Gasteiger partial charge is 0.457 e. The fraction of sp³-hybridized carbons (Fsp3) is 0.0476. The third-order valence-corrected chi connectivity index (χ3v) is 4.69. The topological polar surface area (TPSA) is 152 Å². The lowest BCUT2D eigenvalue weighted by Crippen LogP contribution is -2.13. The fourth-order valence-corrected chi connectivity index (χ4v) is 3.02. The number of nitro groups is 2. The van der Waals surface area contributed by atoms with Crippen LogP contribution in [0.4, 0.5) is 17.1 Å². The minimum absolute atomic E-state index is 0.0520. The molecule has 3 aromatic rings. The first-order chi connectivity index (χ1) is 15.2. The molecule has 0 unspecified atom stereocenters. The van der Waals surface area contributed by atoms with Crippen LogP contribution < -0.4 is 5.32 Å². The number of furan rings is 1. The highest BCUT2D eigenvalue weighted by molar-refractivity contribution is 6.32. The molecule has 0 atom stereocenters. The molecule has 11 heteroatoms. The number of non-ortho nitro benzene ring substituents is 1. The van der Waals surface area contributed by atoms with E-state index in [9.17, 15) is 30.3 Å². The molecule has 0 saturated carbocycles. The molecule has 2 aromatic carbocycles. The SMILES string of the molecule is Cc1cc([N+](=O)[O-])ccc1-c1ccc(/C=C(\C#N)C(=O)Nc2ccc(Cl)c([N+](=O)[O-])c2)o1. The first-order valence-electron chi connectivity index (χ1n) is 8.92. The number of carbonyl (C=O) groups excluding carboxylic acids is 1. The molecule has 1 N–H and O–H groups in total. The molecule has 3 rings (SSSR count). The van der Waals surface area contributed by atoms with Gasteiger partial charge in [0.1, 0.15) is 28.2 Å². The van der Waals surface area contributed by atoms with Gasteiger partial charge in [-0.1, -0.05) is 11.6 Å². The molecule has 1 amide bonds. The summed E-state index contributed by atoms with van der Waals surface area (Å²) in [5.74, 6) is -0.199. The number of rotatable bonds is 6. The fourth-order valence-electron chi connectivity index (χ4n) is 2.83. The molecular formula is C21H13ClN4O6. The molecule has 10 nitrogen and oxygen atoms in total. The van der Waals surface area contributed by atoms with Gasteiger partial charge in [-0.05, 0) is 42.8 Å². The third kappa shape index (κ3) is 4.80.